The second-order valence-electron chi connectivity index (χ2n) is 5.87. The van der Waals surface area contributed by atoms with Crippen molar-refractivity contribution in [2.45, 2.75) is 6.54 Å². The Bertz CT molecular complexity index is 670. The van der Waals surface area contributed by atoms with Crippen LogP contribution < -0.4 is 14.5 Å². The molecule has 4 nitrogen and oxygen atoms in total. The van der Waals surface area contributed by atoms with Gasteiger partial charge in [-0.05, 0) is 30.3 Å². The van der Waals surface area contributed by atoms with Crippen LogP contribution >= 0.6 is 0 Å². The SMILES string of the molecule is COc1ccc(C[NH+]2CCN(c3ccccc3O)CC2)cc1F. The highest BCUT2D eigenvalue weighted by molar-refractivity contribution is 5.57. The van der Waals surface area contributed by atoms with Crippen molar-refractivity contribution in [3.8, 4) is 11.5 Å². The van der Waals surface area contributed by atoms with Gasteiger partial charge in [-0.15, -0.1) is 0 Å². The molecule has 0 unspecified atom stereocenters. The molecule has 0 saturated carbocycles. The summed E-state index contributed by atoms with van der Waals surface area (Å²) in [6.45, 7) is 4.48. The maximum Gasteiger partial charge on any atom is 0.165 e. The Labute approximate surface area is 135 Å². The minimum absolute atomic E-state index is 0.285. The summed E-state index contributed by atoms with van der Waals surface area (Å²) in [5, 5.41) is 9.94. The van der Waals surface area contributed by atoms with Crippen molar-refractivity contribution in [2.24, 2.45) is 0 Å². The van der Waals surface area contributed by atoms with E-state index >= 15 is 0 Å². The van der Waals surface area contributed by atoms with Crippen LogP contribution in [0, 0.1) is 5.82 Å². The summed E-state index contributed by atoms with van der Waals surface area (Å²) in [4.78, 5) is 3.62. The predicted molar refractivity (Wildman–Crippen MR) is 87.7 cm³/mol. The highest BCUT2D eigenvalue weighted by Gasteiger charge is 2.22. The number of nitrogens with zero attached hydrogens (tertiary/aromatic N) is 1. The maximum absolute atomic E-state index is 13.8. The van der Waals surface area contributed by atoms with Crippen LogP contribution in [0.4, 0.5) is 10.1 Å². The van der Waals surface area contributed by atoms with E-state index in [4.69, 9.17) is 4.74 Å². The number of phenolic OH excluding ortho intramolecular Hbond substituents is 1. The van der Waals surface area contributed by atoms with E-state index in [1.807, 2.05) is 24.3 Å². The molecule has 5 heteroatoms. The van der Waals surface area contributed by atoms with Gasteiger partial charge in [0.2, 0.25) is 0 Å². The van der Waals surface area contributed by atoms with Gasteiger partial charge in [0, 0.05) is 5.56 Å². The molecule has 0 aliphatic carbocycles. The number of methoxy groups -OCH3 is 1. The van der Waals surface area contributed by atoms with E-state index in [0.29, 0.717) is 5.75 Å². The molecule has 122 valence electrons. The smallest absolute Gasteiger partial charge is 0.165 e. The highest BCUT2D eigenvalue weighted by atomic mass is 19.1. The van der Waals surface area contributed by atoms with Crippen LogP contribution in [0.25, 0.3) is 0 Å². The highest BCUT2D eigenvalue weighted by Crippen LogP contribution is 2.26. The van der Waals surface area contributed by atoms with Crippen LogP contribution in [0.15, 0.2) is 42.5 Å². The van der Waals surface area contributed by atoms with Gasteiger partial charge in [-0.3, -0.25) is 0 Å². The zero-order valence-corrected chi connectivity index (χ0v) is 13.3. The maximum atomic E-state index is 13.8. The second-order valence-corrected chi connectivity index (χ2v) is 5.87. The predicted octanol–water partition coefficient (Wildman–Crippen LogP) is 1.44. The lowest BCUT2D eigenvalue weighted by Gasteiger charge is -2.34. The minimum Gasteiger partial charge on any atom is -0.506 e. The normalized spacial score (nSPS) is 15.7. The Hall–Kier alpha value is -2.27. The fraction of sp³-hybridized carbons (Fsp3) is 0.333. The van der Waals surface area contributed by atoms with Crippen molar-refractivity contribution in [3.63, 3.8) is 0 Å². The van der Waals surface area contributed by atoms with Crippen molar-refractivity contribution in [1.29, 1.82) is 0 Å². The average Bonchev–Trinajstić information content (AvgIpc) is 2.56. The molecule has 1 heterocycles. The number of piperazine rings is 1. The molecule has 0 bridgehead atoms. The summed E-state index contributed by atoms with van der Waals surface area (Å²) in [6.07, 6.45) is 0. The number of benzene rings is 2. The topological polar surface area (TPSA) is 37.1 Å². The molecule has 0 aromatic heterocycles. The lowest BCUT2D eigenvalue weighted by Crippen LogP contribution is -3.13. The fourth-order valence-electron chi connectivity index (χ4n) is 3.08. The number of hydrogen-bond acceptors (Lipinski definition) is 3. The molecule has 1 saturated heterocycles. The average molecular weight is 317 g/mol. The molecule has 1 aliphatic rings. The van der Waals surface area contributed by atoms with Gasteiger partial charge in [0.25, 0.3) is 0 Å². The number of quaternary nitrogens is 1. The molecule has 2 aromatic carbocycles. The molecule has 0 amide bonds. The summed E-state index contributed by atoms with van der Waals surface area (Å²) < 4.78 is 18.7. The van der Waals surface area contributed by atoms with Crippen molar-refractivity contribution in [1.82, 2.24) is 0 Å². The van der Waals surface area contributed by atoms with Crippen LogP contribution in [-0.2, 0) is 6.54 Å². The first-order valence-electron chi connectivity index (χ1n) is 7.86. The molecule has 1 aliphatic heterocycles. The largest absolute Gasteiger partial charge is 0.506 e. The van der Waals surface area contributed by atoms with E-state index in [0.717, 1.165) is 44.0 Å². The molecule has 23 heavy (non-hydrogen) atoms. The first-order chi connectivity index (χ1) is 11.2. The molecule has 1 fully saturated rings. The van der Waals surface area contributed by atoms with Gasteiger partial charge in [0.05, 0.1) is 39.0 Å². The second kappa shape index (κ2) is 6.87. The standard InChI is InChI=1S/C18H21FN2O2/c1-23-18-7-6-14(12-15(18)19)13-20-8-10-21(11-9-20)16-4-2-3-5-17(16)22/h2-7,12,22H,8-11,13H2,1H3/p+1. The Morgan fingerprint density at radius 2 is 1.91 bits per heavy atom. The molecule has 0 radical (unpaired) electrons. The van der Waals surface area contributed by atoms with Crippen LogP contribution in [0.3, 0.4) is 0 Å². The number of phenols is 1. The van der Waals surface area contributed by atoms with E-state index < -0.39 is 0 Å². The van der Waals surface area contributed by atoms with Gasteiger partial charge in [-0.25, -0.2) is 4.39 Å². The summed E-state index contributed by atoms with van der Waals surface area (Å²) >= 11 is 0. The summed E-state index contributed by atoms with van der Waals surface area (Å²) in [7, 11) is 1.47. The van der Waals surface area contributed by atoms with Gasteiger partial charge < -0.3 is 19.6 Å². The number of anilines is 1. The van der Waals surface area contributed by atoms with Crippen molar-refractivity contribution >= 4 is 5.69 Å². The third kappa shape index (κ3) is 3.56. The Morgan fingerprint density at radius 1 is 1.17 bits per heavy atom. The third-order valence-corrected chi connectivity index (χ3v) is 4.36. The van der Waals surface area contributed by atoms with E-state index in [1.54, 1.807) is 18.2 Å². The fourth-order valence-corrected chi connectivity index (χ4v) is 3.08. The van der Waals surface area contributed by atoms with Crippen LogP contribution in [0.5, 0.6) is 11.5 Å². The number of para-hydroxylation sites is 2. The minimum atomic E-state index is -0.308. The van der Waals surface area contributed by atoms with Crippen LogP contribution in [0.1, 0.15) is 5.56 Å². The number of nitrogens with one attached hydrogen (secondary N) is 1. The van der Waals surface area contributed by atoms with E-state index in [9.17, 15) is 9.50 Å². The van der Waals surface area contributed by atoms with Gasteiger partial charge in [-0.2, -0.15) is 0 Å². The summed E-state index contributed by atoms with van der Waals surface area (Å²) in [5.41, 5.74) is 1.87. The summed E-state index contributed by atoms with van der Waals surface area (Å²) in [5.74, 6) is 0.304. The van der Waals surface area contributed by atoms with E-state index in [-0.39, 0.29) is 11.6 Å². The quantitative estimate of drug-likeness (QED) is 0.896. The molecule has 2 aromatic rings. The third-order valence-electron chi connectivity index (χ3n) is 4.36. The van der Waals surface area contributed by atoms with E-state index in [2.05, 4.69) is 4.90 Å². The summed E-state index contributed by atoms with van der Waals surface area (Å²) in [6, 6.07) is 12.6. The Kier molecular flexibility index (Phi) is 4.67. The first-order valence-corrected chi connectivity index (χ1v) is 7.86. The van der Waals surface area contributed by atoms with Crippen molar-refractivity contribution in [2.75, 3.05) is 38.2 Å². The van der Waals surface area contributed by atoms with Gasteiger partial charge in [0.1, 0.15) is 12.3 Å². The first kappa shape index (κ1) is 15.6. The number of rotatable bonds is 4. The van der Waals surface area contributed by atoms with Gasteiger partial charge in [-0.1, -0.05) is 12.1 Å². The lowest BCUT2D eigenvalue weighted by atomic mass is 10.1. The van der Waals surface area contributed by atoms with Crippen molar-refractivity contribution < 1.29 is 19.1 Å². The molecule has 2 N–H and O–H groups in total. The molecule has 0 spiro atoms. The van der Waals surface area contributed by atoms with Crippen molar-refractivity contribution in [3.05, 3.63) is 53.8 Å². The monoisotopic (exact) mass is 317 g/mol. The molecular formula is C18H22FN2O2+. The lowest BCUT2D eigenvalue weighted by molar-refractivity contribution is -0.914. The molecular weight excluding hydrogens is 295 g/mol. The Morgan fingerprint density at radius 3 is 2.57 bits per heavy atom. The number of ether oxygens (including phenoxy) is 1. The molecule has 3 rings (SSSR count). The zero-order chi connectivity index (χ0) is 16.2. The molecule has 0 atom stereocenters. The number of aromatic hydroxyl groups is 1. The number of halogens is 1. The zero-order valence-electron chi connectivity index (χ0n) is 13.3. The van der Waals surface area contributed by atoms with Gasteiger partial charge >= 0.3 is 0 Å². The van der Waals surface area contributed by atoms with Crippen LogP contribution in [-0.4, -0.2) is 38.4 Å². The van der Waals surface area contributed by atoms with Gasteiger partial charge in [0.15, 0.2) is 11.6 Å². The number of hydrogen-bond donors (Lipinski definition) is 2. The Balaban J connectivity index is 1.59. The van der Waals surface area contributed by atoms with E-state index in [1.165, 1.54) is 12.0 Å². The van der Waals surface area contributed by atoms with Crippen LogP contribution in [0.2, 0.25) is 0 Å².